The zero-order chi connectivity index (χ0) is 10.8. The quantitative estimate of drug-likeness (QED) is 0.783. The van der Waals surface area contributed by atoms with Crippen LogP contribution in [-0.4, -0.2) is 29.5 Å². The van der Waals surface area contributed by atoms with E-state index in [4.69, 9.17) is 15.2 Å². The lowest BCUT2D eigenvalue weighted by Gasteiger charge is -2.27. The van der Waals surface area contributed by atoms with Gasteiger partial charge in [0.15, 0.2) is 0 Å². The second kappa shape index (κ2) is 4.40. The molecule has 14 heavy (non-hydrogen) atoms. The lowest BCUT2D eigenvalue weighted by molar-refractivity contribution is -0.0457. The Balaban J connectivity index is 2.37. The molecule has 1 rings (SSSR count). The molecular weight excluding hydrogens is 202 g/mol. The van der Waals surface area contributed by atoms with Crippen molar-refractivity contribution in [2.24, 2.45) is 11.7 Å². The SMILES string of the molecule is CC(C)[C@]1(C)O[C@@H](COC(N)=O)CS1. The first-order valence-electron chi connectivity index (χ1n) is 4.68. The smallest absolute Gasteiger partial charge is 0.404 e. The van der Waals surface area contributed by atoms with E-state index < -0.39 is 6.09 Å². The van der Waals surface area contributed by atoms with Crippen molar-refractivity contribution in [3.8, 4) is 0 Å². The van der Waals surface area contributed by atoms with Crippen molar-refractivity contribution in [1.82, 2.24) is 0 Å². The van der Waals surface area contributed by atoms with E-state index in [1.165, 1.54) is 0 Å². The van der Waals surface area contributed by atoms with Crippen molar-refractivity contribution in [3.05, 3.63) is 0 Å². The summed E-state index contributed by atoms with van der Waals surface area (Å²) in [7, 11) is 0. The molecule has 1 saturated heterocycles. The Morgan fingerprint density at radius 2 is 2.43 bits per heavy atom. The molecule has 0 unspecified atom stereocenters. The number of carbonyl (C=O) groups is 1. The van der Waals surface area contributed by atoms with Crippen LogP contribution in [0.5, 0.6) is 0 Å². The number of amides is 1. The second-order valence-corrected chi connectivity index (χ2v) is 5.28. The molecule has 1 fully saturated rings. The number of ether oxygens (including phenoxy) is 2. The van der Waals surface area contributed by atoms with E-state index in [-0.39, 0.29) is 17.6 Å². The predicted octanol–water partition coefficient (Wildman–Crippen LogP) is 1.59. The van der Waals surface area contributed by atoms with Gasteiger partial charge in [-0.05, 0) is 12.8 Å². The van der Waals surface area contributed by atoms with Gasteiger partial charge in [-0.25, -0.2) is 4.79 Å². The van der Waals surface area contributed by atoms with Gasteiger partial charge in [-0.1, -0.05) is 13.8 Å². The highest BCUT2D eigenvalue weighted by atomic mass is 32.2. The molecular formula is C9H17NO3S. The molecule has 0 aliphatic carbocycles. The van der Waals surface area contributed by atoms with Crippen LogP contribution in [0.25, 0.3) is 0 Å². The Kier molecular flexibility index (Phi) is 3.66. The monoisotopic (exact) mass is 219 g/mol. The average Bonchev–Trinajstić information content (AvgIpc) is 2.45. The Labute approximate surface area is 88.5 Å². The molecule has 82 valence electrons. The van der Waals surface area contributed by atoms with Crippen molar-refractivity contribution >= 4 is 17.9 Å². The van der Waals surface area contributed by atoms with E-state index in [0.29, 0.717) is 5.92 Å². The minimum absolute atomic E-state index is 0.0279. The van der Waals surface area contributed by atoms with Crippen LogP contribution >= 0.6 is 11.8 Å². The summed E-state index contributed by atoms with van der Waals surface area (Å²) in [5, 5.41) is 0. The van der Waals surface area contributed by atoms with Crippen molar-refractivity contribution < 1.29 is 14.3 Å². The first-order chi connectivity index (χ1) is 6.44. The summed E-state index contributed by atoms with van der Waals surface area (Å²) in [4.78, 5) is 10.2. The number of primary amides is 1. The fourth-order valence-electron chi connectivity index (χ4n) is 1.22. The zero-order valence-electron chi connectivity index (χ0n) is 8.78. The maximum atomic E-state index is 10.4. The first-order valence-corrected chi connectivity index (χ1v) is 5.66. The van der Waals surface area contributed by atoms with E-state index in [0.717, 1.165) is 5.75 Å². The maximum absolute atomic E-state index is 10.4. The third-order valence-corrected chi connectivity index (χ3v) is 4.10. The average molecular weight is 219 g/mol. The summed E-state index contributed by atoms with van der Waals surface area (Å²) in [6.45, 7) is 6.55. The molecule has 0 aromatic heterocycles. The van der Waals surface area contributed by atoms with Gasteiger partial charge in [0, 0.05) is 5.75 Å². The molecule has 2 N–H and O–H groups in total. The van der Waals surface area contributed by atoms with Crippen LogP contribution in [0.15, 0.2) is 0 Å². The minimum Gasteiger partial charge on any atom is -0.447 e. The van der Waals surface area contributed by atoms with Gasteiger partial charge in [-0.3, -0.25) is 0 Å². The van der Waals surface area contributed by atoms with Crippen molar-refractivity contribution in [3.63, 3.8) is 0 Å². The molecule has 0 bridgehead atoms. The number of carbonyl (C=O) groups excluding carboxylic acids is 1. The number of nitrogens with two attached hydrogens (primary N) is 1. The van der Waals surface area contributed by atoms with Gasteiger partial charge < -0.3 is 15.2 Å². The molecule has 0 saturated carbocycles. The fraction of sp³-hybridized carbons (Fsp3) is 0.889. The summed E-state index contributed by atoms with van der Waals surface area (Å²) >= 11 is 1.76. The van der Waals surface area contributed by atoms with Gasteiger partial charge in [-0.2, -0.15) is 0 Å². The molecule has 0 spiro atoms. The topological polar surface area (TPSA) is 61.6 Å². The zero-order valence-corrected chi connectivity index (χ0v) is 9.60. The highest BCUT2D eigenvalue weighted by Gasteiger charge is 2.39. The Hall–Kier alpha value is -0.420. The highest BCUT2D eigenvalue weighted by molar-refractivity contribution is 8.00. The van der Waals surface area contributed by atoms with Crippen molar-refractivity contribution in [1.29, 1.82) is 0 Å². The molecule has 1 aliphatic heterocycles. The van der Waals surface area contributed by atoms with Crippen LogP contribution in [0, 0.1) is 5.92 Å². The Morgan fingerprint density at radius 3 is 2.86 bits per heavy atom. The number of hydrogen-bond acceptors (Lipinski definition) is 4. The van der Waals surface area contributed by atoms with Gasteiger partial charge in [0.05, 0.1) is 0 Å². The van der Waals surface area contributed by atoms with Crippen LogP contribution in [0.1, 0.15) is 20.8 Å². The normalized spacial score (nSPS) is 32.1. The van der Waals surface area contributed by atoms with Crippen LogP contribution in [0.2, 0.25) is 0 Å². The van der Waals surface area contributed by atoms with Crippen LogP contribution in [-0.2, 0) is 9.47 Å². The maximum Gasteiger partial charge on any atom is 0.404 e. The van der Waals surface area contributed by atoms with Crippen LogP contribution < -0.4 is 5.73 Å². The van der Waals surface area contributed by atoms with Gasteiger partial charge in [-0.15, -0.1) is 11.8 Å². The molecule has 1 amide bonds. The van der Waals surface area contributed by atoms with Gasteiger partial charge >= 0.3 is 6.09 Å². The minimum atomic E-state index is -0.739. The van der Waals surface area contributed by atoms with Crippen molar-refractivity contribution in [2.75, 3.05) is 12.4 Å². The van der Waals surface area contributed by atoms with E-state index in [1.54, 1.807) is 11.8 Å². The van der Waals surface area contributed by atoms with Crippen molar-refractivity contribution in [2.45, 2.75) is 31.8 Å². The van der Waals surface area contributed by atoms with Gasteiger partial charge in [0.25, 0.3) is 0 Å². The predicted molar refractivity (Wildman–Crippen MR) is 56.1 cm³/mol. The van der Waals surface area contributed by atoms with Gasteiger partial charge in [0.1, 0.15) is 17.6 Å². The standard InChI is InChI=1S/C9H17NO3S/c1-6(2)9(3)13-7(5-14-9)4-12-8(10)11/h6-7H,4-5H2,1-3H3,(H2,10,11)/t7-,9+/m0/s1. The third kappa shape index (κ3) is 2.78. The lowest BCUT2D eigenvalue weighted by atomic mass is 10.1. The number of hydrogen-bond donors (Lipinski definition) is 1. The first kappa shape index (κ1) is 11.7. The van der Waals surface area contributed by atoms with E-state index >= 15 is 0 Å². The fourth-order valence-corrected chi connectivity index (χ4v) is 2.44. The molecule has 0 aromatic rings. The number of rotatable bonds is 3. The Morgan fingerprint density at radius 1 is 1.79 bits per heavy atom. The lowest BCUT2D eigenvalue weighted by Crippen LogP contribution is -2.31. The molecule has 1 aliphatic rings. The van der Waals surface area contributed by atoms with E-state index in [2.05, 4.69) is 20.8 Å². The molecule has 2 atom stereocenters. The number of thioether (sulfide) groups is 1. The summed E-state index contributed by atoms with van der Waals surface area (Å²) in [6, 6.07) is 0. The van der Waals surface area contributed by atoms with E-state index in [9.17, 15) is 4.79 Å². The molecule has 1 heterocycles. The largest absolute Gasteiger partial charge is 0.447 e. The third-order valence-electron chi connectivity index (χ3n) is 2.42. The summed E-state index contributed by atoms with van der Waals surface area (Å²) in [5.41, 5.74) is 4.87. The second-order valence-electron chi connectivity index (χ2n) is 3.85. The summed E-state index contributed by atoms with van der Waals surface area (Å²) in [6.07, 6.45) is -0.767. The molecule has 0 radical (unpaired) electrons. The van der Waals surface area contributed by atoms with Gasteiger partial charge in [0.2, 0.25) is 0 Å². The van der Waals surface area contributed by atoms with E-state index in [1.807, 2.05) is 0 Å². The molecule has 4 nitrogen and oxygen atoms in total. The van der Waals surface area contributed by atoms with Crippen LogP contribution in [0.3, 0.4) is 0 Å². The summed E-state index contributed by atoms with van der Waals surface area (Å²) < 4.78 is 10.5. The van der Waals surface area contributed by atoms with Crippen LogP contribution in [0.4, 0.5) is 4.79 Å². The molecule has 5 heteroatoms. The molecule has 0 aromatic carbocycles. The summed E-state index contributed by atoms with van der Waals surface area (Å²) in [5.74, 6) is 1.29. The highest BCUT2D eigenvalue weighted by Crippen LogP contribution is 2.41. The Bertz CT molecular complexity index is 222.